The number of benzene rings is 3. The van der Waals surface area contributed by atoms with Crippen molar-refractivity contribution in [3.05, 3.63) is 83.5 Å². The van der Waals surface area contributed by atoms with Gasteiger partial charge in [-0.2, -0.15) is 0 Å². The summed E-state index contributed by atoms with van der Waals surface area (Å²) in [5.41, 5.74) is 1.67. The normalized spacial score (nSPS) is 11.6. The largest absolute Gasteiger partial charge is 0.339 e. The highest BCUT2D eigenvalue weighted by Crippen LogP contribution is 2.32. The Morgan fingerprint density at radius 2 is 1.82 bits per heavy atom. The fourth-order valence-electron chi connectivity index (χ4n) is 3.82. The van der Waals surface area contributed by atoms with E-state index in [9.17, 15) is 13.2 Å². The van der Waals surface area contributed by atoms with Crippen LogP contribution in [0.2, 0.25) is 5.02 Å². The molecule has 0 aliphatic heterocycles. The van der Waals surface area contributed by atoms with Gasteiger partial charge in [-0.3, -0.25) is 4.79 Å². The second-order valence-corrected chi connectivity index (χ2v) is 9.85. The highest BCUT2D eigenvalue weighted by atomic mass is 35.5. The Morgan fingerprint density at radius 3 is 2.56 bits per heavy atom. The lowest BCUT2D eigenvalue weighted by molar-refractivity contribution is 0.101. The van der Waals surface area contributed by atoms with E-state index < -0.39 is 15.7 Å². The minimum Gasteiger partial charge on any atom is -0.339 e. The quantitative estimate of drug-likeness (QED) is 0.381. The van der Waals surface area contributed by atoms with Crippen LogP contribution in [-0.4, -0.2) is 39.5 Å². The van der Waals surface area contributed by atoms with E-state index in [1.165, 1.54) is 0 Å². The van der Waals surface area contributed by atoms with Crippen molar-refractivity contribution in [2.45, 2.75) is 9.79 Å². The highest BCUT2D eigenvalue weighted by molar-refractivity contribution is 7.91. The van der Waals surface area contributed by atoms with Gasteiger partial charge in [-0.1, -0.05) is 41.9 Å². The van der Waals surface area contributed by atoms with E-state index in [4.69, 9.17) is 11.6 Å². The first kappa shape index (κ1) is 21.8. The molecule has 11 heteroatoms. The number of nitrogens with one attached hydrogen (secondary N) is 2. The van der Waals surface area contributed by atoms with Crippen LogP contribution in [-0.2, 0) is 16.9 Å². The van der Waals surface area contributed by atoms with Crippen LogP contribution in [0.5, 0.6) is 0 Å². The van der Waals surface area contributed by atoms with E-state index in [-0.39, 0.29) is 15.5 Å². The molecule has 170 valence electrons. The first-order valence-electron chi connectivity index (χ1n) is 10.1. The van der Waals surface area contributed by atoms with E-state index in [2.05, 4.69) is 25.9 Å². The van der Waals surface area contributed by atoms with Crippen molar-refractivity contribution in [2.24, 2.45) is 7.05 Å². The molecule has 2 N–H and O–H groups in total. The molecule has 0 fully saturated rings. The van der Waals surface area contributed by atoms with Crippen molar-refractivity contribution in [3.8, 4) is 11.4 Å². The van der Waals surface area contributed by atoms with Crippen molar-refractivity contribution in [3.63, 3.8) is 0 Å². The number of aryl methyl sites for hydroxylation is 1. The van der Waals surface area contributed by atoms with Gasteiger partial charge in [0.25, 0.3) is 5.91 Å². The molecular weight excluding hydrogens is 476 g/mol. The Hall–Kier alpha value is -4.02. The number of tetrazole rings is 1. The summed E-state index contributed by atoms with van der Waals surface area (Å²) in [6.45, 7) is 0. The van der Waals surface area contributed by atoms with Crippen molar-refractivity contribution >= 4 is 43.9 Å². The van der Waals surface area contributed by atoms with Crippen LogP contribution in [0.15, 0.2) is 82.6 Å². The summed E-state index contributed by atoms with van der Waals surface area (Å²) in [5.74, 6) is -0.0936. The third kappa shape index (κ3) is 3.72. The van der Waals surface area contributed by atoms with Gasteiger partial charge in [0.15, 0.2) is 5.82 Å². The molecule has 0 saturated carbocycles. The number of carbonyl (C=O) groups excluding carboxylic acids is 1. The molecule has 0 bridgehead atoms. The molecule has 9 nitrogen and oxygen atoms in total. The lowest BCUT2D eigenvalue weighted by Crippen LogP contribution is -2.16. The van der Waals surface area contributed by atoms with Gasteiger partial charge in [0.1, 0.15) is 5.69 Å². The predicted octanol–water partition coefficient (Wildman–Crippen LogP) is 4.10. The van der Waals surface area contributed by atoms with E-state index in [0.29, 0.717) is 33.0 Å². The molecular formula is C23H17ClN6O3S. The third-order valence-electron chi connectivity index (χ3n) is 5.43. The number of hydrogen-bond acceptors (Lipinski definition) is 6. The molecule has 0 radical (unpaired) electrons. The fraction of sp³-hybridized carbons (Fsp3) is 0.0435. The molecule has 0 aliphatic rings. The standard InChI is InChI=1S/C23H17ClN6O3S/c1-30-19(23(31)25-18-11-10-15(24)13-17(18)22-26-28-29-27-22)12-14-6-5-9-20(21(14)30)34(32,33)16-7-3-2-4-8-16/h2-13H,1H3,(H,25,31)(H,26,27,28,29). The summed E-state index contributed by atoms with van der Waals surface area (Å²) < 4.78 is 28.2. The van der Waals surface area contributed by atoms with Gasteiger partial charge < -0.3 is 9.88 Å². The van der Waals surface area contributed by atoms with Gasteiger partial charge in [0.05, 0.1) is 21.0 Å². The SMILES string of the molecule is Cn1c(C(=O)Nc2ccc(Cl)cc2-c2nnn[nH]2)cc2cccc(S(=O)(=O)c3ccccc3)c21. The zero-order chi connectivity index (χ0) is 23.9. The van der Waals surface area contributed by atoms with Gasteiger partial charge in [0.2, 0.25) is 9.84 Å². The number of aromatic amines is 1. The minimum atomic E-state index is -3.79. The first-order valence-corrected chi connectivity index (χ1v) is 12.0. The summed E-state index contributed by atoms with van der Waals surface area (Å²) in [5, 5.41) is 17.6. The number of carbonyl (C=O) groups is 1. The molecule has 5 aromatic rings. The zero-order valence-electron chi connectivity index (χ0n) is 17.7. The second kappa shape index (κ2) is 8.40. The number of H-pyrrole nitrogens is 1. The van der Waals surface area contributed by atoms with Crippen molar-refractivity contribution in [1.82, 2.24) is 25.2 Å². The highest BCUT2D eigenvalue weighted by Gasteiger charge is 2.24. The van der Waals surface area contributed by atoms with Crippen molar-refractivity contribution in [2.75, 3.05) is 5.32 Å². The summed E-state index contributed by atoms with van der Waals surface area (Å²) in [6, 6.07) is 19.7. The second-order valence-electron chi connectivity index (χ2n) is 7.49. The predicted molar refractivity (Wildman–Crippen MR) is 127 cm³/mol. The Labute approximate surface area is 199 Å². The number of fused-ring (bicyclic) bond motifs is 1. The molecule has 0 unspecified atom stereocenters. The molecule has 1 amide bonds. The molecule has 0 saturated heterocycles. The Morgan fingerprint density at radius 1 is 1.03 bits per heavy atom. The zero-order valence-corrected chi connectivity index (χ0v) is 19.3. The lowest BCUT2D eigenvalue weighted by Gasteiger charge is -2.11. The molecule has 0 spiro atoms. The van der Waals surface area contributed by atoms with E-state index >= 15 is 0 Å². The number of sulfone groups is 1. The summed E-state index contributed by atoms with van der Waals surface area (Å²) in [6.07, 6.45) is 0. The van der Waals surface area contributed by atoms with Gasteiger partial charge in [-0.15, -0.1) is 5.10 Å². The molecule has 2 heterocycles. The van der Waals surface area contributed by atoms with Crippen molar-refractivity contribution < 1.29 is 13.2 Å². The summed E-state index contributed by atoms with van der Waals surface area (Å²) in [7, 11) is -2.14. The van der Waals surface area contributed by atoms with Crippen LogP contribution in [0.4, 0.5) is 5.69 Å². The van der Waals surface area contributed by atoms with Gasteiger partial charge in [0, 0.05) is 23.0 Å². The number of nitrogens with zero attached hydrogens (tertiary/aromatic N) is 4. The van der Waals surface area contributed by atoms with Crippen LogP contribution in [0.1, 0.15) is 10.5 Å². The monoisotopic (exact) mass is 492 g/mol. The number of aromatic nitrogens is 5. The molecule has 3 aromatic carbocycles. The minimum absolute atomic E-state index is 0.123. The van der Waals surface area contributed by atoms with Crippen molar-refractivity contribution in [1.29, 1.82) is 0 Å². The maximum absolute atomic E-state index is 13.3. The molecule has 0 aliphatic carbocycles. The molecule has 0 atom stereocenters. The van der Waals surface area contributed by atoms with Crippen LogP contribution in [0.3, 0.4) is 0 Å². The van der Waals surface area contributed by atoms with E-state index in [1.54, 1.807) is 84.4 Å². The summed E-state index contributed by atoms with van der Waals surface area (Å²) >= 11 is 6.12. The smallest absolute Gasteiger partial charge is 0.272 e. The van der Waals surface area contributed by atoms with E-state index in [1.807, 2.05) is 0 Å². The number of amides is 1. The number of hydrogen-bond donors (Lipinski definition) is 2. The number of para-hydroxylation sites is 1. The maximum atomic E-state index is 13.3. The number of anilines is 1. The third-order valence-corrected chi connectivity index (χ3v) is 7.46. The Balaban J connectivity index is 1.58. The number of rotatable bonds is 5. The average Bonchev–Trinajstić information content (AvgIpc) is 3.49. The molecule has 2 aromatic heterocycles. The van der Waals surface area contributed by atoms with Gasteiger partial charge in [-0.05, 0) is 52.9 Å². The lowest BCUT2D eigenvalue weighted by atomic mass is 10.1. The fourth-order valence-corrected chi connectivity index (χ4v) is 5.53. The number of halogens is 1. The van der Waals surface area contributed by atoms with E-state index in [0.717, 1.165) is 0 Å². The topological polar surface area (TPSA) is 123 Å². The van der Waals surface area contributed by atoms with Gasteiger partial charge >= 0.3 is 0 Å². The molecule has 5 rings (SSSR count). The maximum Gasteiger partial charge on any atom is 0.272 e. The first-order chi connectivity index (χ1) is 16.4. The average molecular weight is 493 g/mol. The van der Waals surface area contributed by atoms with Crippen LogP contribution in [0, 0.1) is 0 Å². The van der Waals surface area contributed by atoms with Crippen LogP contribution in [0.25, 0.3) is 22.3 Å². The molecule has 34 heavy (non-hydrogen) atoms. The van der Waals surface area contributed by atoms with Crippen LogP contribution >= 0.6 is 11.6 Å². The Kier molecular flexibility index (Phi) is 5.39. The van der Waals surface area contributed by atoms with Crippen LogP contribution < -0.4 is 5.32 Å². The summed E-state index contributed by atoms with van der Waals surface area (Å²) in [4.78, 5) is 13.6. The Bertz CT molecular complexity index is 1630. The van der Waals surface area contributed by atoms with Gasteiger partial charge in [-0.25, -0.2) is 13.5 Å².